The minimum atomic E-state index is -0.587. The Balaban J connectivity index is 2.22. The molecular weight excluding hydrogens is 463 g/mol. The molecule has 0 saturated heterocycles. The minimum Gasteiger partial charge on any atom is -0.490 e. The second-order valence-corrected chi connectivity index (χ2v) is 8.27. The largest absolute Gasteiger partial charge is 0.490 e. The summed E-state index contributed by atoms with van der Waals surface area (Å²) < 4.78 is 11.3. The molecule has 0 aliphatic heterocycles. The summed E-state index contributed by atoms with van der Waals surface area (Å²) in [5, 5.41) is 3.51. The Bertz CT molecular complexity index is 952. The molecule has 1 N–H and O–H groups in total. The van der Waals surface area contributed by atoms with Gasteiger partial charge in [0.2, 0.25) is 11.8 Å². The van der Waals surface area contributed by atoms with Crippen LogP contribution in [0, 0.1) is 0 Å². The summed E-state index contributed by atoms with van der Waals surface area (Å²) in [7, 11) is 1.57. The van der Waals surface area contributed by atoms with Crippen molar-refractivity contribution in [2.75, 3.05) is 20.3 Å². The first-order valence-corrected chi connectivity index (χ1v) is 11.9. The molecular formula is C25H32Cl2N2O4. The number of benzene rings is 2. The van der Waals surface area contributed by atoms with Crippen molar-refractivity contribution in [3.8, 4) is 11.5 Å². The third-order valence-corrected chi connectivity index (χ3v) is 5.94. The van der Waals surface area contributed by atoms with E-state index in [1.807, 2.05) is 45.0 Å². The zero-order valence-corrected chi connectivity index (χ0v) is 21.1. The Morgan fingerprint density at radius 2 is 1.61 bits per heavy atom. The number of nitrogens with zero attached hydrogens (tertiary/aromatic N) is 1. The van der Waals surface area contributed by atoms with Gasteiger partial charge in [-0.1, -0.05) is 42.3 Å². The van der Waals surface area contributed by atoms with Gasteiger partial charge in [0.05, 0.1) is 23.3 Å². The summed E-state index contributed by atoms with van der Waals surface area (Å²) in [6.45, 7) is 7.03. The Morgan fingerprint density at radius 3 is 2.21 bits per heavy atom. The lowest BCUT2D eigenvalue weighted by atomic mass is 10.1. The Morgan fingerprint density at radius 1 is 0.939 bits per heavy atom. The van der Waals surface area contributed by atoms with Gasteiger partial charge in [0.1, 0.15) is 6.04 Å². The number of hydrogen-bond acceptors (Lipinski definition) is 4. The predicted molar refractivity (Wildman–Crippen MR) is 132 cm³/mol. The van der Waals surface area contributed by atoms with Gasteiger partial charge in [-0.05, 0) is 62.1 Å². The molecule has 8 heteroatoms. The highest BCUT2D eigenvalue weighted by atomic mass is 35.5. The van der Waals surface area contributed by atoms with Crippen molar-refractivity contribution in [2.24, 2.45) is 0 Å². The van der Waals surface area contributed by atoms with Crippen molar-refractivity contribution in [1.29, 1.82) is 0 Å². The fourth-order valence-corrected chi connectivity index (χ4v) is 3.89. The summed E-state index contributed by atoms with van der Waals surface area (Å²) in [4.78, 5) is 27.4. The number of halogens is 2. The maximum atomic E-state index is 13.3. The number of rotatable bonds is 12. The molecule has 0 spiro atoms. The van der Waals surface area contributed by atoms with Crippen LogP contribution in [0.25, 0.3) is 0 Å². The normalized spacial score (nSPS) is 11.6. The first kappa shape index (κ1) is 26.8. The van der Waals surface area contributed by atoms with Gasteiger partial charge in [-0.25, -0.2) is 0 Å². The van der Waals surface area contributed by atoms with Crippen LogP contribution in [0.1, 0.15) is 44.7 Å². The van der Waals surface area contributed by atoms with E-state index >= 15 is 0 Å². The molecule has 0 aliphatic carbocycles. The molecule has 33 heavy (non-hydrogen) atoms. The van der Waals surface area contributed by atoms with Crippen LogP contribution in [0.3, 0.4) is 0 Å². The van der Waals surface area contributed by atoms with Crippen LogP contribution in [-0.2, 0) is 22.6 Å². The molecule has 2 aromatic carbocycles. The van der Waals surface area contributed by atoms with E-state index in [1.165, 1.54) is 0 Å². The number of aryl methyl sites for hydroxylation is 1. The van der Waals surface area contributed by atoms with Crippen LogP contribution < -0.4 is 14.8 Å². The fraction of sp³-hybridized carbons (Fsp3) is 0.440. The van der Waals surface area contributed by atoms with Gasteiger partial charge >= 0.3 is 0 Å². The first-order chi connectivity index (χ1) is 15.8. The van der Waals surface area contributed by atoms with Crippen molar-refractivity contribution in [2.45, 2.75) is 52.6 Å². The van der Waals surface area contributed by atoms with E-state index in [-0.39, 0.29) is 24.8 Å². The third-order valence-electron chi connectivity index (χ3n) is 5.20. The summed E-state index contributed by atoms with van der Waals surface area (Å²) in [6, 6.07) is 10.3. The Labute approximate surface area is 206 Å². The van der Waals surface area contributed by atoms with Crippen LogP contribution in [0.15, 0.2) is 36.4 Å². The first-order valence-electron chi connectivity index (χ1n) is 11.2. The van der Waals surface area contributed by atoms with Gasteiger partial charge in [0.15, 0.2) is 11.5 Å². The highest BCUT2D eigenvalue weighted by Gasteiger charge is 2.28. The average Bonchev–Trinajstić information content (AvgIpc) is 2.81. The van der Waals surface area contributed by atoms with Gasteiger partial charge in [-0.2, -0.15) is 0 Å². The molecule has 0 unspecified atom stereocenters. The number of hydrogen-bond donors (Lipinski definition) is 1. The lowest BCUT2D eigenvalue weighted by Gasteiger charge is -2.30. The molecule has 6 nitrogen and oxygen atoms in total. The standard InChI is InChI=1S/C25H32Cl2N2O4/c1-5-21(25(31)28-4)29(16-18-8-11-19(26)20(27)14-18)24(30)13-10-17-9-12-22(32-6-2)23(15-17)33-7-3/h8-9,11-12,14-15,21H,5-7,10,13,16H2,1-4H3,(H,28,31)/t21-/m0/s1. The second kappa shape index (κ2) is 13.3. The van der Waals surface area contributed by atoms with Crippen LogP contribution in [0.2, 0.25) is 10.0 Å². The molecule has 0 saturated carbocycles. The molecule has 0 fully saturated rings. The van der Waals surface area contributed by atoms with E-state index in [0.717, 1.165) is 11.1 Å². The zero-order valence-electron chi connectivity index (χ0n) is 19.6. The molecule has 1 atom stereocenters. The van der Waals surface area contributed by atoms with Crippen molar-refractivity contribution < 1.29 is 19.1 Å². The van der Waals surface area contributed by atoms with Crippen molar-refractivity contribution in [1.82, 2.24) is 10.2 Å². The SMILES string of the molecule is CCOc1ccc(CCC(=O)N(Cc2ccc(Cl)c(Cl)c2)[C@@H](CC)C(=O)NC)cc1OCC. The number of likely N-dealkylation sites (N-methyl/N-ethyl adjacent to an activating group) is 1. The van der Waals surface area contributed by atoms with E-state index in [4.69, 9.17) is 32.7 Å². The van der Waals surface area contributed by atoms with Crippen LogP contribution in [0.5, 0.6) is 11.5 Å². The molecule has 0 aliphatic rings. The molecule has 2 aromatic rings. The highest BCUT2D eigenvalue weighted by molar-refractivity contribution is 6.42. The lowest BCUT2D eigenvalue weighted by Crippen LogP contribution is -2.48. The number of ether oxygens (including phenoxy) is 2. The summed E-state index contributed by atoms with van der Waals surface area (Å²) >= 11 is 12.2. The molecule has 2 amide bonds. The quantitative estimate of drug-likeness (QED) is 0.435. The van der Waals surface area contributed by atoms with Crippen molar-refractivity contribution >= 4 is 35.0 Å². The van der Waals surface area contributed by atoms with Crippen molar-refractivity contribution in [3.63, 3.8) is 0 Å². The highest BCUT2D eigenvalue weighted by Crippen LogP contribution is 2.29. The average molecular weight is 495 g/mol. The molecule has 0 radical (unpaired) electrons. The predicted octanol–water partition coefficient (Wildman–Crippen LogP) is 5.28. The zero-order chi connectivity index (χ0) is 24.4. The van der Waals surface area contributed by atoms with Gasteiger partial charge in [0.25, 0.3) is 0 Å². The summed E-state index contributed by atoms with van der Waals surface area (Å²) in [6.07, 6.45) is 1.24. The smallest absolute Gasteiger partial charge is 0.242 e. The number of carbonyl (C=O) groups is 2. The maximum absolute atomic E-state index is 13.3. The second-order valence-electron chi connectivity index (χ2n) is 7.46. The van der Waals surface area contributed by atoms with E-state index in [0.29, 0.717) is 47.6 Å². The third kappa shape index (κ3) is 7.54. The summed E-state index contributed by atoms with van der Waals surface area (Å²) in [5.74, 6) is 1.02. The summed E-state index contributed by atoms with van der Waals surface area (Å²) in [5.41, 5.74) is 1.76. The lowest BCUT2D eigenvalue weighted by molar-refractivity contribution is -0.141. The molecule has 2 rings (SSSR count). The van der Waals surface area contributed by atoms with Gasteiger partial charge in [0, 0.05) is 20.0 Å². The maximum Gasteiger partial charge on any atom is 0.242 e. The molecule has 0 aromatic heterocycles. The fourth-order valence-electron chi connectivity index (χ4n) is 3.57. The van der Waals surface area contributed by atoms with Crippen LogP contribution >= 0.6 is 23.2 Å². The van der Waals surface area contributed by atoms with Crippen LogP contribution in [0.4, 0.5) is 0 Å². The number of nitrogens with one attached hydrogen (secondary N) is 1. The number of amides is 2. The van der Waals surface area contributed by atoms with E-state index in [9.17, 15) is 9.59 Å². The Kier molecular flexibility index (Phi) is 10.8. The molecule has 180 valence electrons. The van der Waals surface area contributed by atoms with Gasteiger partial charge in [-0.15, -0.1) is 0 Å². The molecule has 0 heterocycles. The van der Waals surface area contributed by atoms with Gasteiger partial charge < -0.3 is 19.7 Å². The van der Waals surface area contributed by atoms with Gasteiger partial charge in [-0.3, -0.25) is 9.59 Å². The van der Waals surface area contributed by atoms with E-state index in [1.54, 1.807) is 24.1 Å². The van der Waals surface area contributed by atoms with Crippen LogP contribution in [-0.4, -0.2) is 43.0 Å². The minimum absolute atomic E-state index is 0.122. The van der Waals surface area contributed by atoms with Crippen molar-refractivity contribution in [3.05, 3.63) is 57.6 Å². The molecule has 0 bridgehead atoms. The Hall–Kier alpha value is -2.44. The number of carbonyl (C=O) groups excluding carboxylic acids is 2. The van der Waals surface area contributed by atoms with E-state index in [2.05, 4.69) is 5.32 Å². The van der Waals surface area contributed by atoms with E-state index < -0.39 is 6.04 Å². The monoisotopic (exact) mass is 494 g/mol. The topological polar surface area (TPSA) is 67.9 Å².